The molecular weight excluding hydrogens is 388 g/mol. The third kappa shape index (κ3) is 13.2. The molecule has 4 heteroatoms. The van der Waals surface area contributed by atoms with E-state index in [1.165, 1.54) is 44.9 Å². The molecule has 1 aromatic rings. The van der Waals surface area contributed by atoms with Gasteiger partial charge in [-0.2, -0.15) is 0 Å². The topological polar surface area (TPSA) is 52.6 Å². The van der Waals surface area contributed by atoms with Crippen molar-refractivity contribution < 1.29 is 19.1 Å². The molecule has 0 aliphatic rings. The zero-order valence-corrected chi connectivity index (χ0v) is 20.5. The van der Waals surface area contributed by atoms with E-state index in [1.807, 2.05) is 0 Å². The van der Waals surface area contributed by atoms with Crippen LogP contribution in [-0.4, -0.2) is 25.2 Å². The van der Waals surface area contributed by atoms with Crippen LogP contribution in [0.4, 0.5) is 0 Å². The molecule has 176 valence electrons. The molecule has 1 atom stereocenters. The molecule has 0 aromatic heterocycles. The van der Waals surface area contributed by atoms with Crippen molar-refractivity contribution in [3.63, 3.8) is 0 Å². The average Bonchev–Trinajstić information content (AvgIpc) is 2.72. The van der Waals surface area contributed by atoms with E-state index in [-0.39, 0.29) is 17.4 Å². The third-order valence-electron chi connectivity index (χ3n) is 5.30. The SMILES string of the molecule is CCCCCCCCCCCOC(=O)c1ccc(C(=O)OCC(C)CC(C)(C)C)cc1. The Bertz CT molecular complexity index is 628. The van der Waals surface area contributed by atoms with E-state index in [0.29, 0.717) is 30.3 Å². The Balaban J connectivity index is 2.23. The number of benzene rings is 1. The maximum Gasteiger partial charge on any atom is 0.338 e. The highest BCUT2D eigenvalue weighted by Gasteiger charge is 2.17. The van der Waals surface area contributed by atoms with Crippen molar-refractivity contribution >= 4 is 11.9 Å². The average molecular weight is 433 g/mol. The Morgan fingerprint density at radius 1 is 0.774 bits per heavy atom. The summed E-state index contributed by atoms with van der Waals surface area (Å²) in [6.45, 7) is 11.7. The highest BCUT2D eigenvalue weighted by atomic mass is 16.5. The van der Waals surface area contributed by atoms with Gasteiger partial charge in [0.25, 0.3) is 0 Å². The van der Waals surface area contributed by atoms with Crippen LogP contribution in [0.2, 0.25) is 0 Å². The monoisotopic (exact) mass is 432 g/mol. The Kier molecular flexibility index (Phi) is 13.2. The van der Waals surface area contributed by atoms with E-state index in [9.17, 15) is 9.59 Å². The number of carbonyl (C=O) groups is 2. The second-order valence-corrected chi connectivity index (χ2v) is 10.0. The molecular formula is C27H44O4. The number of hydrogen-bond acceptors (Lipinski definition) is 4. The van der Waals surface area contributed by atoms with Crippen LogP contribution < -0.4 is 0 Å². The summed E-state index contributed by atoms with van der Waals surface area (Å²) < 4.78 is 10.8. The van der Waals surface area contributed by atoms with Crippen LogP contribution in [0.5, 0.6) is 0 Å². The van der Waals surface area contributed by atoms with Gasteiger partial charge in [0.05, 0.1) is 24.3 Å². The fourth-order valence-corrected chi connectivity index (χ4v) is 3.81. The predicted octanol–water partition coefficient (Wildman–Crippen LogP) is 7.60. The van der Waals surface area contributed by atoms with Gasteiger partial charge in [-0.25, -0.2) is 9.59 Å². The van der Waals surface area contributed by atoms with Crippen molar-refractivity contribution in [2.45, 2.75) is 98.8 Å². The highest BCUT2D eigenvalue weighted by Crippen LogP contribution is 2.24. The van der Waals surface area contributed by atoms with Crippen molar-refractivity contribution in [2.24, 2.45) is 11.3 Å². The lowest BCUT2D eigenvalue weighted by atomic mass is 9.86. The summed E-state index contributed by atoms with van der Waals surface area (Å²) in [5.41, 5.74) is 1.13. The van der Waals surface area contributed by atoms with E-state index in [2.05, 4.69) is 34.6 Å². The van der Waals surface area contributed by atoms with E-state index in [4.69, 9.17) is 9.47 Å². The molecule has 0 saturated carbocycles. The summed E-state index contributed by atoms with van der Waals surface area (Å²) in [6, 6.07) is 6.53. The largest absolute Gasteiger partial charge is 0.462 e. The van der Waals surface area contributed by atoms with Gasteiger partial charge in [0, 0.05) is 0 Å². The molecule has 0 N–H and O–H groups in total. The summed E-state index contributed by atoms with van der Waals surface area (Å²) in [5, 5.41) is 0. The summed E-state index contributed by atoms with van der Waals surface area (Å²) >= 11 is 0. The van der Waals surface area contributed by atoms with E-state index >= 15 is 0 Å². The minimum absolute atomic E-state index is 0.210. The molecule has 0 radical (unpaired) electrons. The van der Waals surface area contributed by atoms with E-state index in [1.54, 1.807) is 24.3 Å². The van der Waals surface area contributed by atoms with Gasteiger partial charge in [0.15, 0.2) is 0 Å². The Labute approximate surface area is 190 Å². The Morgan fingerprint density at radius 3 is 1.71 bits per heavy atom. The van der Waals surface area contributed by atoms with Gasteiger partial charge in [0.1, 0.15) is 0 Å². The standard InChI is InChI=1S/C27H44O4/c1-6-7-8-9-10-11-12-13-14-19-30-25(28)23-15-17-24(18-16-23)26(29)31-21-22(2)20-27(3,4)5/h15-18,22H,6-14,19-21H2,1-5H3. The Morgan fingerprint density at radius 2 is 1.23 bits per heavy atom. The second-order valence-electron chi connectivity index (χ2n) is 10.0. The van der Waals surface area contributed by atoms with E-state index in [0.717, 1.165) is 19.3 Å². The van der Waals surface area contributed by atoms with Gasteiger partial charge >= 0.3 is 11.9 Å². The fourth-order valence-electron chi connectivity index (χ4n) is 3.81. The minimum Gasteiger partial charge on any atom is -0.462 e. The van der Waals surface area contributed by atoms with Crippen molar-refractivity contribution in [2.75, 3.05) is 13.2 Å². The summed E-state index contributed by atoms with van der Waals surface area (Å²) in [5.74, 6) is -0.382. The first kappa shape index (κ1) is 27.2. The Hall–Kier alpha value is -1.84. The van der Waals surface area contributed by atoms with Gasteiger partial charge in [-0.3, -0.25) is 0 Å². The summed E-state index contributed by atoms with van der Waals surface area (Å²) in [6.07, 6.45) is 12.1. The van der Waals surface area contributed by atoms with Crippen molar-refractivity contribution in [3.8, 4) is 0 Å². The fraction of sp³-hybridized carbons (Fsp3) is 0.704. The molecule has 0 spiro atoms. The molecule has 0 aliphatic heterocycles. The molecule has 0 fully saturated rings. The highest BCUT2D eigenvalue weighted by molar-refractivity contribution is 5.93. The van der Waals surface area contributed by atoms with Crippen LogP contribution in [0.15, 0.2) is 24.3 Å². The maximum absolute atomic E-state index is 12.2. The van der Waals surface area contributed by atoms with Crippen LogP contribution in [0.25, 0.3) is 0 Å². The number of ether oxygens (including phenoxy) is 2. The molecule has 31 heavy (non-hydrogen) atoms. The number of rotatable bonds is 15. The second kappa shape index (κ2) is 15.0. The molecule has 0 saturated heterocycles. The predicted molar refractivity (Wildman–Crippen MR) is 127 cm³/mol. The molecule has 0 bridgehead atoms. The zero-order chi connectivity index (χ0) is 23.1. The lowest BCUT2D eigenvalue weighted by Crippen LogP contribution is -2.18. The van der Waals surface area contributed by atoms with Crippen LogP contribution in [0.3, 0.4) is 0 Å². The third-order valence-corrected chi connectivity index (χ3v) is 5.30. The van der Waals surface area contributed by atoms with Gasteiger partial charge < -0.3 is 9.47 Å². The number of carbonyl (C=O) groups excluding carboxylic acids is 2. The first-order valence-corrected chi connectivity index (χ1v) is 12.2. The van der Waals surface area contributed by atoms with Crippen LogP contribution >= 0.6 is 0 Å². The van der Waals surface area contributed by atoms with E-state index < -0.39 is 0 Å². The van der Waals surface area contributed by atoms with Gasteiger partial charge in [-0.05, 0) is 48.4 Å². The first-order chi connectivity index (χ1) is 14.7. The quantitative estimate of drug-likeness (QED) is 0.211. The molecule has 1 unspecified atom stereocenters. The van der Waals surface area contributed by atoms with Gasteiger partial charge in [-0.15, -0.1) is 0 Å². The van der Waals surface area contributed by atoms with Crippen LogP contribution in [-0.2, 0) is 9.47 Å². The van der Waals surface area contributed by atoms with Crippen molar-refractivity contribution in [1.29, 1.82) is 0 Å². The maximum atomic E-state index is 12.2. The zero-order valence-electron chi connectivity index (χ0n) is 20.5. The smallest absolute Gasteiger partial charge is 0.338 e. The summed E-state index contributed by atoms with van der Waals surface area (Å²) in [4.78, 5) is 24.4. The van der Waals surface area contributed by atoms with Gasteiger partial charge in [-0.1, -0.05) is 86.0 Å². The molecule has 0 heterocycles. The van der Waals surface area contributed by atoms with Crippen molar-refractivity contribution in [3.05, 3.63) is 35.4 Å². The molecule has 0 amide bonds. The lowest BCUT2D eigenvalue weighted by Gasteiger charge is -2.22. The van der Waals surface area contributed by atoms with Gasteiger partial charge in [0.2, 0.25) is 0 Å². The minimum atomic E-state index is -0.352. The number of unbranched alkanes of at least 4 members (excludes halogenated alkanes) is 8. The first-order valence-electron chi connectivity index (χ1n) is 12.2. The van der Waals surface area contributed by atoms with Crippen LogP contribution in [0.1, 0.15) is 120 Å². The van der Waals surface area contributed by atoms with Crippen LogP contribution in [0, 0.1) is 11.3 Å². The molecule has 0 aliphatic carbocycles. The summed E-state index contributed by atoms with van der Waals surface area (Å²) in [7, 11) is 0. The molecule has 1 aromatic carbocycles. The lowest BCUT2D eigenvalue weighted by molar-refractivity contribution is 0.0418. The van der Waals surface area contributed by atoms with Crippen molar-refractivity contribution in [1.82, 2.24) is 0 Å². The number of hydrogen-bond donors (Lipinski definition) is 0. The molecule has 4 nitrogen and oxygen atoms in total. The molecule has 1 rings (SSSR count). The number of esters is 2. The normalized spacial score (nSPS) is 12.4.